The van der Waals surface area contributed by atoms with Gasteiger partial charge >= 0.3 is 0 Å². The molecule has 0 atom stereocenters. The van der Waals surface area contributed by atoms with Crippen molar-refractivity contribution in [2.45, 2.75) is 33.4 Å². The molecule has 0 spiro atoms. The smallest absolute Gasteiger partial charge is 0.296 e. The van der Waals surface area contributed by atoms with Crippen LogP contribution in [0.5, 0.6) is 11.5 Å². The summed E-state index contributed by atoms with van der Waals surface area (Å²) >= 11 is 0. The minimum absolute atomic E-state index is 0.0360. The Morgan fingerprint density at radius 1 is 0.580 bits per heavy atom. The van der Waals surface area contributed by atoms with Crippen LogP contribution in [0.2, 0.25) is 0 Å². The van der Waals surface area contributed by atoms with Gasteiger partial charge in [-0.15, -0.1) is 15.3 Å². The monoisotopic (exact) mass is 769 g/mol. The zero-order valence-corrected chi connectivity index (χ0v) is 29.3. The molecule has 0 saturated carbocycles. The number of hydrogen-bond acceptors (Lipinski definition) is 14. The van der Waals surface area contributed by atoms with Crippen molar-refractivity contribution in [3.05, 3.63) is 71.8 Å². The maximum atomic E-state index is 12.0. The number of aryl methyl sites for hydroxylation is 2. The number of benzene rings is 4. The van der Waals surface area contributed by atoms with Gasteiger partial charge in [0, 0.05) is 17.2 Å². The number of methoxy groups -OCH3 is 2. The van der Waals surface area contributed by atoms with Crippen LogP contribution in [-0.2, 0) is 40.5 Å². The molecular formula is C28H25N4O14S4. The van der Waals surface area contributed by atoms with Crippen LogP contribution in [0.3, 0.4) is 0 Å². The summed E-state index contributed by atoms with van der Waals surface area (Å²) in [5.74, 6) is 0.178. The highest BCUT2D eigenvalue weighted by molar-refractivity contribution is 7.87. The van der Waals surface area contributed by atoms with E-state index in [1.807, 2.05) is 0 Å². The fourth-order valence-electron chi connectivity index (χ4n) is 4.46. The molecule has 0 fully saturated rings. The summed E-state index contributed by atoms with van der Waals surface area (Å²) < 4.78 is 143. The lowest BCUT2D eigenvalue weighted by molar-refractivity contribution is 0.414. The number of azo groups is 2. The Morgan fingerprint density at radius 3 is 1.68 bits per heavy atom. The average Bonchev–Trinajstić information content (AvgIpc) is 3.01. The van der Waals surface area contributed by atoms with E-state index in [0.717, 1.165) is 24.3 Å². The van der Waals surface area contributed by atoms with Crippen LogP contribution >= 0.6 is 0 Å². The van der Waals surface area contributed by atoms with E-state index < -0.39 is 71.4 Å². The summed E-state index contributed by atoms with van der Waals surface area (Å²) in [6.45, 7) is 3.22. The van der Waals surface area contributed by atoms with Crippen LogP contribution in [0.1, 0.15) is 11.1 Å². The molecule has 4 rings (SSSR count). The second-order valence-corrected chi connectivity index (χ2v) is 15.7. The Labute approximate surface area is 286 Å². The summed E-state index contributed by atoms with van der Waals surface area (Å²) in [7, 11) is -17.0. The van der Waals surface area contributed by atoms with Crippen LogP contribution in [0, 0.1) is 19.9 Å². The molecule has 0 saturated heterocycles. The van der Waals surface area contributed by atoms with Crippen molar-refractivity contribution in [2.24, 2.45) is 20.5 Å². The molecule has 265 valence electrons. The number of ether oxygens (including phenoxy) is 2. The molecule has 0 aliphatic rings. The highest BCUT2D eigenvalue weighted by Crippen LogP contribution is 2.47. The minimum Gasteiger partial charge on any atom is -0.496 e. The van der Waals surface area contributed by atoms with E-state index in [-0.39, 0.29) is 28.4 Å². The summed E-state index contributed by atoms with van der Waals surface area (Å²) in [5, 5.41) is 15.9. The van der Waals surface area contributed by atoms with Gasteiger partial charge in [-0.1, -0.05) is 0 Å². The highest BCUT2D eigenvalue weighted by Gasteiger charge is 2.24. The fourth-order valence-corrected chi connectivity index (χ4v) is 6.79. The number of nitrogens with zero attached hydrogens (tertiary/aromatic N) is 4. The van der Waals surface area contributed by atoms with E-state index in [1.54, 1.807) is 19.9 Å². The third-order valence-electron chi connectivity index (χ3n) is 6.81. The first-order chi connectivity index (χ1) is 23.1. The molecule has 22 heteroatoms. The molecule has 50 heavy (non-hydrogen) atoms. The molecule has 0 unspecified atom stereocenters. The molecule has 4 aromatic rings. The average molecular weight is 770 g/mol. The van der Waals surface area contributed by atoms with Gasteiger partial charge in [0.1, 0.15) is 38.4 Å². The number of hydrogen-bond donors (Lipinski definition) is 4. The Hall–Kier alpha value is -4.68. The molecular weight excluding hydrogens is 745 g/mol. The lowest BCUT2D eigenvalue weighted by atomic mass is 9.95. The van der Waals surface area contributed by atoms with Crippen molar-refractivity contribution in [2.75, 3.05) is 14.2 Å². The topological polar surface area (TPSA) is 285 Å². The standard InChI is InChI=1S/C28H25N4O14S4/c1-15-5-9-23(45-3)28(32-31-22-12-17(47(33,34)35)7-10-25(22)49(39,40)41)27(15)19-11-16(2)21(14-24(19)46-4)30-29-20-8-6-18(48(36,37)38)13-26(20)50(42,43)44/h6-14H,1-4H3,(H,33,34,35)(H,36,37,38)(H,39,40,41)(H,42,43,44). The van der Waals surface area contributed by atoms with Crippen LogP contribution in [0.4, 0.5) is 22.7 Å². The van der Waals surface area contributed by atoms with Gasteiger partial charge in [-0.25, -0.2) is 0 Å². The molecule has 4 aromatic carbocycles. The van der Waals surface area contributed by atoms with Crippen molar-refractivity contribution >= 4 is 63.2 Å². The zero-order valence-electron chi connectivity index (χ0n) is 26.0. The van der Waals surface area contributed by atoms with Crippen molar-refractivity contribution in [1.29, 1.82) is 0 Å². The molecule has 0 bridgehead atoms. The van der Waals surface area contributed by atoms with E-state index in [0.29, 0.717) is 28.8 Å². The van der Waals surface area contributed by atoms with Gasteiger partial charge in [-0.2, -0.15) is 38.8 Å². The SMILES string of the molecule is COc1cc(N=Nc2ccc(S(=O)(=O)O)cc2S(=O)(=O)O)c(C)cc1-c1c(C)[c]cc(OC)c1N=Nc1cc(S(=O)(=O)O)ccc1S(=O)(=O)O. The normalized spacial score (nSPS) is 12.9. The van der Waals surface area contributed by atoms with Crippen LogP contribution < -0.4 is 9.47 Å². The summed E-state index contributed by atoms with van der Waals surface area (Å²) in [5.41, 5.74) is 0.384. The molecule has 4 N–H and O–H groups in total. The van der Waals surface area contributed by atoms with E-state index >= 15 is 0 Å². The van der Waals surface area contributed by atoms with Gasteiger partial charge in [-0.05, 0) is 79.6 Å². The second-order valence-electron chi connectivity index (χ2n) is 10.1. The first-order valence-corrected chi connectivity index (χ1v) is 19.1. The van der Waals surface area contributed by atoms with Crippen molar-refractivity contribution < 1.29 is 61.4 Å². The lowest BCUT2D eigenvalue weighted by Gasteiger charge is -2.17. The highest BCUT2D eigenvalue weighted by atomic mass is 32.2. The second kappa shape index (κ2) is 13.9. The first-order valence-electron chi connectivity index (χ1n) is 13.4. The molecule has 0 heterocycles. The Morgan fingerprint density at radius 2 is 1.12 bits per heavy atom. The third-order valence-corrected chi connectivity index (χ3v) is 10.3. The molecule has 0 aliphatic carbocycles. The van der Waals surface area contributed by atoms with Crippen LogP contribution in [-0.4, -0.2) is 66.1 Å². The molecule has 0 aromatic heterocycles. The molecule has 18 nitrogen and oxygen atoms in total. The quantitative estimate of drug-likeness (QED) is 0.107. The largest absolute Gasteiger partial charge is 0.496 e. The molecule has 1 radical (unpaired) electrons. The number of rotatable bonds is 11. The summed E-state index contributed by atoms with van der Waals surface area (Å²) in [6.07, 6.45) is 0. The van der Waals surface area contributed by atoms with E-state index in [2.05, 4.69) is 26.5 Å². The van der Waals surface area contributed by atoms with Crippen LogP contribution in [0.25, 0.3) is 11.1 Å². The lowest BCUT2D eigenvalue weighted by Crippen LogP contribution is -2.03. The van der Waals surface area contributed by atoms with Gasteiger partial charge in [0.2, 0.25) is 0 Å². The Kier molecular flexibility index (Phi) is 10.6. The molecule has 0 amide bonds. The van der Waals surface area contributed by atoms with E-state index in [9.17, 15) is 51.9 Å². The fraction of sp³-hybridized carbons (Fsp3) is 0.143. The van der Waals surface area contributed by atoms with Gasteiger partial charge in [-0.3, -0.25) is 18.2 Å². The van der Waals surface area contributed by atoms with Gasteiger partial charge in [0.25, 0.3) is 40.5 Å². The maximum Gasteiger partial charge on any atom is 0.296 e. The summed E-state index contributed by atoms with van der Waals surface area (Å²) in [4.78, 5) is -3.32. The first kappa shape index (κ1) is 38.1. The third kappa shape index (κ3) is 8.36. The predicted octanol–water partition coefficient (Wildman–Crippen LogP) is 5.61. The Bertz CT molecular complexity index is 2530. The maximum absolute atomic E-state index is 12.0. The van der Waals surface area contributed by atoms with Crippen molar-refractivity contribution in [3.63, 3.8) is 0 Å². The Balaban J connectivity index is 1.90. The predicted molar refractivity (Wildman–Crippen MR) is 174 cm³/mol. The van der Waals surface area contributed by atoms with Crippen LogP contribution in [0.15, 0.2) is 94.6 Å². The van der Waals surface area contributed by atoms with Crippen molar-refractivity contribution in [1.82, 2.24) is 0 Å². The van der Waals surface area contributed by atoms with Gasteiger partial charge < -0.3 is 9.47 Å². The summed E-state index contributed by atoms with van der Waals surface area (Å²) in [6, 6.07) is 11.7. The minimum atomic E-state index is -5.03. The zero-order chi connectivity index (χ0) is 37.4. The van der Waals surface area contributed by atoms with Gasteiger partial charge in [0.15, 0.2) is 0 Å². The molecule has 0 aliphatic heterocycles. The van der Waals surface area contributed by atoms with E-state index in [4.69, 9.17) is 9.47 Å². The van der Waals surface area contributed by atoms with E-state index in [1.165, 1.54) is 26.4 Å². The van der Waals surface area contributed by atoms with Crippen molar-refractivity contribution in [3.8, 4) is 22.6 Å². The van der Waals surface area contributed by atoms with Gasteiger partial charge in [0.05, 0.1) is 29.7 Å².